The number of aromatic amines is 1. The number of Topliss-reactive ketones (excluding diaryl/α,β-unsaturated/α-hetero) is 1. The van der Waals surface area contributed by atoms with Crippen molar-refractivity contribution in [2.24, 2.45) is 4.99 Å². The number of carbonyl (C=O) groups is 1. The quantitative estimate of drug-likeness (QED) is 0.783. The summed E-state index contributed by atoms with van der Waals surface area (Å²) in [6.07, 6.45) is -2.24. The molecule has 1 aromatic carbocycles. The fraction of sp³-hybridized carbons (Fsp3) is 0.316. The average molecular weight is 378 g/mol. The Hall–Kier alpha value is -2.74. The van der Waals surface area contributed by atoms with Crippen molar-refractivity contribution in [3.8, 4) is 11.1 Å². The average Bonchev–Trinajstić information content (AvgIpc) is 3.07. The number of aliphatic imine (C=N–C) groups is 1. The van der Waals surface area contributed by atoms with Gasteiger partial charge in [0.15, 0.2) is 5.78 Å². The van der Waals surface area contributed by atoms with Crippen LogP contribution in [0.3, 0.4) is 0 Å². The van der Waals surface area contributed by atoms with E-state index in [1.54, 1.807) is 6.92 Å². The Balaban J connectivity index is 2.10. The standard InChI is InChI=1S/C19H17F3N2O3/c1-10(25)2-3-17(26)12-5-15(18(27)24-8-12)14-6-13(19(20,21)22)4-11-7-23-9-16(11)14/h4-6,8-10,25H,2-3,7H2,1H3,(H,24,27)/t10-/m1/s1. The molecule has 0 radical (unpaired) electrons. The zero-order valence-electron chi connectivity index (χ0n) is 14.4. The number of carbonyl (C=O) groups excluding carboxylic acids is 1. The topological polar surface area (TPSA) is 82.5 Å². The molecule has 1 aliphatic rings. The van der Waals surface area contributed by atoms with Gasteiger partial charge in [-0.25, -0.2) is 0 Å². The van der Waals surface area contributed by atoms with Gasteiger partial charge in [-0.15, -0.1) is 0 Å². The van der Waals surface area contributed by atoms with Gasteiger partial charge in [-0.05, 0) is 42.7 Å². The number of aliphatic hydroxyl groups excluding tert-OH is 1. The summed E-state index contributed by atoms with van der Waals surface area (Å²) in [4.78, 5) is 31.0. The van der Waals surface area contributed by atoms with Crippen molar-refractivity contribution < 1.29 is 23.1 Å². The Labute approximate surface area is 152 Å². The van der Waals surface area contributed by atoms with Crippen molar-refractivity contribution >= 4 is 12.0 Å². The number of rotatable bonds is 5. The Morgan fingerprint density at radius 3 is 2.70 bits per heavy atom. The highest BCUT2D eigenvalue weighted by atomic mass is 19.4. The summed E-state index contributed by atoms with van der Waals surface area (Å²) in [6, 6.07) is 3.23. The van der Waals surface area contributed by atoms with E-state index in [0.29, 0.717) is 11.1 Å². The number of alkyl halides is 3. The Bertz CT molecular complexity index is 975. The highest BCUT2D eigenvalue weighted by molar-refractivity contribution is 5.98. The zero-order chi connectivity index (χ0) is 19.8. The molecule has 8 heteroatoms. The lowest BCUT2D eigenvalue weighted by molar-refractivity contribution is -0.137. The van der Waals surface area contributed by atoms with Gasteiger partial charge in [-0.1, -0.05) is 0 Å². The van der Waals surface area contributed by atoms with Crippen LogP contribution in [0.1, 0.15) is 46.8 Å². The molecule has 5 nitrogen and oxygen atoms in total. The van der Waals surface area contributed by atoms with Crippen molar-refractivity contribution in [1.82, 2.24) is 4.98 Å². The van der Waals surface area contributed by atoms with E-state index >= 15 is 0 Å². The molecule has 0 amide bonds. The number of hydrogen-bond donors (Lipinski definition) is 2. The first-order valence-electron chi connectivity index (χ1n) is 8.35. The lowest BCUT2D eigenvalue weighted by Gasteiger charge is -2.13. The molecule has 3 rings (SSSR count). The molecule has 1 aromatic heterocycles. The first-order valence-corrected chi connectivity index (χ1v) is 8.35. The molecule has 0 bridgehead atoms. The van der Waals surface area contributed by atoms with E-state index < -0.39 is 23.4 Å². The summed E-state index contributed by atoms with van der Waals surface area (Å²) in [6.45, 7) is 1.66. The summed E-state index contributed by atoms with van der Waals surface area (Å²) in [5.74, 6) is -0.314. The summed E-state index contributed by atoms with van der Waals surface area (Å²) in [5, 5.41) is 9.31. The molecule has 1 aliphatic heterocycles. The van der Waals surface area contributed by atoms with Gasteiger partial charge in [-0.2, -0.15) is 13.2 Å². The Morgan fingerprint density at radius 1 is 1.30 bits per heavy atom. The molecule has 0 aliphatic carbocycles. The van der Waals surface area contributed by atoms with E-state index in [1.807, 2.05) is 0 Å². The summed E-state index contributed by atoms with van der Waals surface area (Å²) < 4.78 is 39.7. The molecule has 2 aromatic rings. The third-order valence-corrected chi connectivity index (χ3v) is 4.38. The van der Waals surface area contributed by atoms with Gasteiger partial charge in [0.25, 0.3) is 5.56 Å². The van der Waals surface area contributed by atoms with Gasteiger partial charge >= 0.3 is 6.18 Å². The maximum atomic E-state index is 13.2. The molecule has 2 heterocycles. The first kappa shape index (κ1) is 19.0. The number of ketones is 1. The molecular formula is C19H17F3N2O3. The molecule has 0 spiro atoms. The maximum absolute atomic E-state index is 13.2. The van der Waals surface area contributed by atoms with Crippen LogP contribution in [0.2, 0.25) is 0 Å². The van der Waals surface area contributed by atoms with Crippen LogP contribution >= 0.6 is 0 Å². The van der Waals surface area contributed by atoms with Gasteiger partial charge in [0.05, 0.1) is 18.2 Å². The van der Waals surface area contributed by atoms with Gasteiger partial charge in [0.2, 0.25) is 0 Å². The predicted octanol–water partition coefficient (Wildman–Crippen LogP) is 3.34. The van der Waals surface area contributed by atoms with Crippen molar-refractivity contribution in [3.05, 3.63) is 57.0 Å². The molecular weight excluding hydrogens is 361 g/mol. The van der Waals surface area contributed by atoms with E-state index in [2.05, 4.69) is 9.98 Å². The molecule has 0 saturated heterocycles. The Kier molecular flexibility index (Phi) is 5.01. The van der Waals surface area contributed by atoms with E-state index in [4.69, 9.17) is 0 Å². The fourth-order valence-corrected chi connectivity index (χ4v) is 2.95. The zero-order valence-corrected chi connectivity index (χ0v) is 14.4. The highest BCUT2D eigenvalue weighted by Gasteiger charge is 2.33. The maximum Gasteiger partial charge on any atom is 0.416 e. The van der Waals surface area contributed by atoms with Crippen molar-refractivity contribution in [3.63, 3.8) is 0 Å². The number of nitrogens with one attached hydrogen (secondary N) is 1. The largest absolute Gasteiger partial charge is 0.416 e. The first-order chi connectivity index (χ1) is 12.7. The van der Waals surface area contributed by atoms with Gasteiger partial charge in [0.1, 0.15) is 0 Å². The summed E-state index contributed by atoms with van der Waals surface area (Å²) in [5.41, 5.74) is -0.393. The fourth-order valence-electron chi connectivity index (χ4n) is 2.95. The molecule has 1 atom stereocenters. The number of fused-ring (bicyclic) bond motifs is 1. The van der Waals surface area contributed by atoms with Crippen LogP contribution < -0.4 is 5.56 Å². The molecule has 0 fully saturated rings. The number of benzene rings is 1. The lowest BCUT2D eigenvalue weighted by Crippen LogP contribution is -2.14. The minimum absolute atomic E-state index is 0.0198. The second-order valence-electron chi connectivity index (χ2n) is 6.51. The van der Waals surface area contributed by atoms with Gasteiger partial charge < -0.3 is 10.1 Å². The smallest absolute Gasteiger partial charge is 0.393 e. The van der Waals surface area contributed by atoms with Gasteiger partial charge in [-0.3, -0.25) is 14.6 Å². The number of nitrogens with zero attached hydrogens (tertiary/aromatic N) is 1. The van der Waals surface area contributed by atoms with Crippen LogP contribution in [0, 0.1) is 0 Å². The number of aromatic nitrogens is 1. The molecule has 2 N–H and O–H groups in total. The van der Waals surface area contributed by atoms with E-state index in [9.17, 15) is 27.9 Å². The lowest BCUT2D eigenvalue weighted by atomic mass is 9.93. The van der Waals surface area contributed by atoms with Crippen LogP contribution in [0.4, 0.5) is 13.2 Å². The molecule has 0 saturated carbocycles. The summed E-state index contributed by atoms with van der Waals surface area (Å²) >= 11 is 0. The van der Waals surface area contributed by atoms with E-state index in [0.717, 1.165) is 12.1 Å². The number of hydrogen-bond acceptors (Lipinski definition) is 4. The van der Waals surface area contributed by atoms with Crippen LogP contribution in [0.25, 0.3) is 11.1 Å². The highest BCUT2D eigenvalue weighted by Crippen LogP contribution is 2.36. The van der Waals surface area contributed by atoms with Crippen molar-refractivity contribution in [2.45, 2.75) is 38.6 Å². The van der Waals surface area contributed by atoms with Gasteiger partial charge in [0, 0.05) is 35.5 Å². The third-order valence-electron chi connectivity index (χ3n) is 4.38. The van der Waals surface area contributed by atoms with E-state index in [1.165, 1.54) is 18.5 Å². The third kappa shape index (κ3) is 4.00. The number of pyridine rings is 1. The monoisotopic (exact) mass is 378 g/mol. The Morgan fingerprint density at radius 2 is 2.04 bits per heavy atom. The number of aliphatic hydroxyl groups is 1. The summed E-state index contributed by atoms with van der Waals surface area (Å²) in [7, 11) is 0. The molecule has 27 heavy (non-hydrogen) atoms. The minimum Gasteiger partial charge on any atom is -0.393 e. The van der Waals surface area contributed by atoms with Crippen molar-refractivity contribution in [1.29, 1.82) is 0 Å². The van der Waals surface area contributed by atoms with Crippen LogP contribution in [-0.4, -0.2) is 28.2 Å². The van der Waals surface area contributed by atoms with Crippen molar-refractivity contribution in [2.75, 3.05) is 0 Å². The predicted molar refractivity (Wildman–Crippen MR) is 94.0 cm³/mol. The SMILES string of the molecule is C[C@@H](O)CCC(=O)c1c[nH]c(=O)c(-c2cc(C(F)(F)F)cc3c2C=NC3)c1. The number of halogens is 3. The van der Waals surface area contributed by atoms with Crippen LogP contribution in [-0.2, 0) is 12.7 Å². The second kappa shape index (κ2) is 7.11. The van der Waals surface area contributed by atoms with Crippen LogP contribution in [0.15, 0.2) is 34.2 Å². The second-order valence-corrected chi connectivity index (χ2v) is 6.51. The van der Waals surface area contributed by atoms with Crippen LogP contribution in [0.5, 0.6) is 0 Å². The normalized spacial score (nSPS) is 14.3. The molecule has 0 unspecified atom stereocenters. The van der Waals surface area contributed by atoms with E-state index in [-0.39, 0.29) is 41.9 Å². The number of H-pyrrole nitrogens is 1. The molecule has 142 valence electrons. The minimum atomic E-state index is -4.57.